The van der Waals surface area contributed by atoms with Gasteiger partial charge in [-0.25, -0.2) is 0 Å². The van der Waals surface area contributed by atoms with Gasteiger partial charge in [0.05, 0.1) is 5.58 Å². The van der Waals surface area contributed by atoms with Crippen LogP contribution >= 0.6 is 0 Å². The summed E-state index contributed by atoms with van der Waals surface area (Å²) in [4.78, 5) is 8.81. The molecule has 44 heavy (non-hydrogen) atoms. The minimum atomic E-state index is 0. The van der Waals surface area contributed by atoms with E-state index in [2.05, 4.69) is 110 Å². The molecular weight excluding hydrogens is 717 g/mol. The van der Waals surface area contributed by atoms with Crippen LogP contribution in [0, 0.1) is 12.1 Å². The van der Waals surface area contributed by atoms with Crippen LogP contribution in [0.3, 0.4) is 0 Å². The van der Waals surface area contributed by atoms with Crippen molar-refractivity contribution in [1.29, 1.82) is 0 Å². The Morgan fingerprint density at radius 3 is 1.91 bits per heavy atom. The Labute approximate surface area is 273 Å². The predicted molar refractivity (Wildman–Crippen MR) is 178 cm³/mol. The molecule has 0 amide bonds. The van der Waals surface area contributed by atoms with Gasteiger partial charge in [0.1, 0.15) is 5.58 Å². The van der Waals surface area contributed by atoms with Gasteiger partial charge in [0.15, 0.2) is 0 Å². The van der Waals surface area contributed by atoms with Crippen molar-refractivity contribution in [3.63, 3.8) is 0 Å². The van der Waals surface area contributed by atoms with E-state index in [9.17, 15) is 0 Å². The molecule has 7 aromatic rings. The van der Waals surface area contributed by atoms with Crippen molar-refractivity contribution in [3.8, 4) is 33.6 Å². The molecule has 3 heterocycles. The molecule has 0 spiro atoms. The maximum Gasteiger partial charge on any atom is 0.121 e. The van der Waals surface area contributed by atoms with Gasteiger partial charge in [-0.1, -0.05) is 99.3 Å². The van der Waals surface area contributed by atoms with Crippen molar-refractivity contribution in [2.45, 2.75) is 39.5 Å². The molecule has 4 heteroatoms. The van der Waals surface area contributed by atoms with Crippen LogP contribution in [0.2, 0.25) is 0 Å². The first-order valence-electron chi connectivity index (χ1n) is 14.8. The van der Waals surface area contributed by atoms with Gasteiger partial charge in [0, 0.05) is 37.9 Å². The maximum atomic E-state index is 6.16. The van der Waals surface area contributed by atoms with Crippen molar-refractivity contribution >= 4 is 21.9 Å². The number of rotatable bonds is 5. The first-order chi connectivity index (χ1) is 21.0. The van der Waals surface area contributed by atoms with E-state index in [0.29, 0.717) is 11.8 Å². The number of aromatic nitrogens is 2. The number of furan rings is 1. The molecule has 4 aromatic carbocycles. The van der Waals surface area contributed by atoms with Gasteiger partial charge in [0.2, 0.25) is 0 Å². The average Bonchev–Trinajstić information content (AvgIpc) is 3.44. The van der Waals surface area contributed by atoms with Crippen molar-refractivity contribution < 1.29 is 24.5 Å². The van der Waals surface area contributed by atoms with Crippen LogP contribution in [0.15, 0.2) is 126 Å². The number of hydrogen-bond acceptors (Lipinski definition) is 3. The molecule has 0 saturated heterocycles. The maximum absolute atomic E-state index is 6.16. The van der Waals surface area contributed by atoms with Crippen molar-refractivity contribution in [3.05, 3.63) is 145 Å². The van der Waals surface area contributed by atoms with Crippen LogP contribution in [-0.2, 0) is 20.1 Å². The van der Waals surface area contributed by atoms with Gasteiger partial charge >= 0.3 is 0 Å². The third-order valence-electron chi connectivity index (χ3n) is 7.70. The van der Waals surface area contributed by atoms with E-state index in [-0.39, 0.29) is 20.1 Å². The molecule has 0 aliphatic heterocycles. The van der Waals surface area contributed by atoms with E-state index in [0.717, 1.165) is 44.5 Å². The summed E-state index contributed by atoms with van der Waals surface area (Å²) in [6.45, 7) is 8.81. The van der Waals surface area contributed by atoms with Gasteiger partial charge in [-0.05, 0) is 58.1 Å². The van der Waals surface area contributed by atoms with Gasteiger partial charge in [-0.2, -0.15) is 0 Å². The number of nitrogens with zero attached hydrogens (tertiary/aromatic N) is 2. The summed E-state index contributed by atoms with van der Waals surface area (Å²) in [6, 6.07) is 43.8. The Bertz CT molecular complexity index is 1960. The van der Waals surface area contributed by atoms with E-state index in [1.54, 1.807) is 6.20 Å². The van der Waals surface area contributed by atoms with Crippen LogP contribution in [0.4, 0.5) is 0 Å². The number of benzene rings is 4. The Kier molecular flexibility index (Phi) is 9.85. The number of fused-ring (bicyclic) bond motifs is 3. The zero-order valence-corrected chi connectivity index (χ0v) is 27.7. The van der Waals surface area contributed by atoms with E-state index in [1.807, 2.05) is 54.7 Å². The fourth-order valence-corrected chi connectivity index (χ4v) is 5.19. The third-order valence-corrected chi connectivity index (χ3v) is 7.70. The molecule has 0 fully saturated rings. The van der Waals surface area contributed by atoms with E-state index in [1.165, 1.54) is 22.3 Å². The van der Waals surface area contributed by atoms with Crippen LogP contribution in [-0.4, -0.2) is 9.97 Å². The zero-order valence-electron chi connectivity index (χ0n) is 25.3. The second kappa shape index (κ2) is 13.9. The summed E-state index contributed by atoms with van der Waals surface area (Å²) >= 11 is 0. The van der Waals surface area contributed by atoms with E-state index < -0.39 is 0 Å². The third kappa shape index (κ3) is 6.73. The Balaban J connectivity index is 0.000000171. The van der Waals surface area contributed by atoms with Crippen molar-refractivity contribution in [2.75, 3.05) is 0 Å². The SMILES string of the molecule is CC(C)c1ccc(-c2cc[c-]c(-c3ccccn3)c2)cc1.CC(C)c1ccc2c(c1)oc1c(-c3ccccn3)[c-]ccc12.[Ir]. The summed E-state index contributed by atoms with van der Waals surface area (Å²) in [5.74, 6) is 1.05. The second-order valence-corrected chi connectivity index (χ2v) is 11.3. The van der Waals surface area contributed by atoms with Gasteiger partial charge < -0.3 is 14.4 Å². The monoisotopic (exact) mass is 751 g/mol. The average molecular weight is 751 g/mol. The molecule has 0 unspecified atom stereocenters. The smallest absolute Gasteiger partial charge is 0.121 e. The predicted octanol–water partition coefficient (Wildman–Crippen LogP) is 10.9. The van der Waals surface area contributed by atoms with Gasteiger partial charge in [0.25, 0.3) is 0 Å². The zero-order chi connectivity index (χ0) is 29.8. The molecule has 0 N–H and O–H groups in total. The van der Waals surface area contributed by atoms with Crippen molar-refractivity contribution in [1.82, 2.24) is 9.97 Å². The molecule has 3 aromatic heterocycles. The minimum absolute atomic E-state index is 0. The molecule has 0 saturated carbocycles. The topological polar surface area (TPSA) is 38.9 Å². The molecule has 7 rings (SSSR count). The van der Waals surface area contributed by atoms with E-state index >= 15 is 0 Å². The summed E-state index contributed by atoms with van der Waals surface area (Å²) in [6.07, 6.45) is 3.61. The molecule has 0 atom stereocenters. The molecule has 0 bridgehead atoms. The van der Waals surface area contributed by atoms with Crippen LogP contribution < -0.4 is 0 Å². The minimum Gasteiger partial charge on any atom is -0.501 e. The summed E-state index contributed by atoms with van der Waals surface area (Å²) in [7, 11) is 0. The molecule has 3 nitrogen and oxygen atoms in total. The van der Waals surface area contributed by atoms with Crippen LogP contribution in [0.1, 0.15) is 50.7 Å². The largest absolute Gasteiger partial charge is 0.501 e. The molecule has 0 aliphatic rings. The van der Waals surface area contributed by atoms with Crippen LogP contribution in [0.5, 0.6) is 0 Å². The standard InChI is InChI=1S/C20H16NO.C20H18N.Ir/c1-13(2)14-9-10-15-16-6-5-7-17(18-8-3-4-11-21-18)20(16)22-19(15)12-14;1-15(2)16-9-11-17(12-10-16)18-6-5-7-19(14-18)20-8-3-4-13-21-20;/h3-6,8-13H,1-2H3;3-6,8-15H,1-2H3;/q2*-1;. The number of hydrogen-bond donors (Lipinski definition) is 0. The summed E-state index contributed by atoms with van der Waals surface area (Å²) < 4.78 is 6.16. The number of pyridine rings is 2. The molecular formula is C40H34IrN2O-2. The Hall–Kier alpha value is -4.37. The molecule has 0 aliphatic carbocycles. The van der Waals surface area contributed by atoms with Gasteiger partial charge in [-0.3, -0.25) is 0 Å². The normalized spacial score (nSPS) is 11.0. The fourth-order valence-electron chi connectivity index (χ4n) is 5.19. The first kappa shape index (κ1) is 31.1. The van der Waals surface area contributed by atoms with Gasteiger partial charge in [-0.15, -0.1) is 53.6 Å². The van der Waals surface area contributed by atoms with Crippen molar-refractivity contribution in [2.24, 2.45) is 0 Å². The second-order valence-electron chi connectivity index (χ2n) is 11.3. The Morgan fingerprint density at radius 2 is 1.25 bits per heavy atom. The quantitative estimate of drug-likeness (QED) is 0.165. The summed E-state index contributed by atoms with van der Waals surface area (Å²) in [5, 5.41) is 2.26. The van der Waals surface area contributed by atoms with Crippen LogP contribution in [0.25, 0.3) is 55.6 Å². The van der Waals surface area contributed by atoms with E-state index in [4.69, 9.17) is 4.42 Å². The summed E-state index contributed by atoms with van der Waals surface area (Å²) in [5.41, 5.74) is 10.7. The first-order valence-corrected chi connectivity index (χ1v) is 14.8. The molecule has 221 valence electrons. The molecule has 1 radical (unpaired) electrons. The fraction of sp³-hybridized carbons (Fsp3) is 0.150. The Morgan fingerprint density at radius 1 is 0.591 bits per heavy atom.